The lowest BCUT2D eigenvalue weighted by atomic mass is 10.2. The van der Waals surface area contributed by atoms with Crippen molar-refractivity contribution in [1.29, 1.82) is 0 Å². The van der Waals surface area contributed by atoms with Crippen LogP contribution in [0.2, 0.25) is 5.02 Å². The highest BCUT2D eigenvalue weighted by Crippen LogP contribution is 2.24. The van der Waals surface area contributed by atoms with Gasteiger partial charge in [0.25, 0.3) is 0 Å². The summed E-state index contributed by atoms with van der Waals surface area (Å²) in [6, 6.07) is 0. The van der Waals surface area contributed by atoms with Gasteiger partial charge in [0.2, 0.25) is 0 Å². The van der Waals surface area contributed by atoms with E-state index in [4.69, 9.17) is 21.4 Å². The van der Waals surface area contributed by atoms with Crippen LogP contribution in [-0.4, -0.2) is 46.8 Å². The molecular weight excluding hydrogens is 246 g/mol. The second kappa shape index (κ2) is 4.85. The quantitative estimate of drug-likeness (QED) is 0.842. The molecule has 1 aliphatic heterocycles. The Morgan fingerprint density at radius 2 is 2.47 bits per heavy atom. The third-order valence-corrected chi connectivity index (χ3v) is 2.75. The van der Waals surface area contributed by atoms with Crippen molar-refractivity contribution in [3.05, 3.63) is 17.0 Å². The van der Waals surface area contributed by atoms with E-state index in [1.807, 2.05) is 0 Å². The molecule has 1 N–H and O–H groups in total. The molecule has 2 rings (SSSR count). The number of carbonyl (C=O) groups is 1. The Kier molecular flexibility index (Phi) is 3.44. The lowest BCUT2D eigenvalue weighted by Crippen LogP contribution is -2.46. The van der Waals surface area contributed by atoms with Gasteiger partial charge < -0.3 is 14.7 Å². The van der Waals surface area contributed by atoms with E-state index in [9.17, 15) is 4.79 Å². The molecular formula is C10H12ClN3O3. The zero-order valence-electron chi connectivity index (χ0n) is 9.26. The van der Waals surface area contributed by atoms with Crippen molar-refractivity contribution in [3.8, 4) is 0 Å². The van der Waals surface area contributed by atoms with Crippen molar-refractivity contribution in [3.63, 3.8) is 0 Å². The van der Waals surface area contributed by atoms with E-state index in [1.165, 1.54) is 6.20 Å². The summed E-state index contributed by atoms with van der Waals surface area (Å²) < 4.78 is 5.13. The van der Waals surface area contributed by atoms with Gasteiger partial charge in [-0.15, -0.1) is 0 Å². The minimum atomic E-state index is -0.975. The van der Waals surface area contributed by atoms with Crippen molar-refractivity contribution in [1.82, 2.24) is 9.97 Å². The van der Waals surface area contributed by atoms with Gasteiger partial charge in [-0.05, 0) is 6.92 Å². The normalized spacial score (nSPS) is 20.4. The summed E-state index contributed by atoms with van der Waals surface area (Å²) in [5.41, 5.74) is 0. The first-order valence-corrected chi connectivity index (χ1v) is 5.54. The van der Waals surface area contributed by atoms with Crippen LogP contribution in [0, 0.1) is 6.92 Å². The van der Waals surface area contributed by atoms with Gasteiger partial charge in [0, 0.05) is 6.54 Å². The van der Waals surface area contributed by atoms with Gasteiger partial charge in [0.1, 0.15) is 10.8 Å². The molecule has 0 aliphatic carbocycles. The van der Waals surface area contributed by atoms with Crippen molar-refractivity contribution in [2.75, 3.05) is 24.6 Å². The second-order valence-electron chi connectivity index (χ2n) is 3.73. The van der Waals surface area contributed by atoms with Crippen LogP contribution < -0.4 is 4.90 Å². The van der Waals surface area contributed by atoms with E-state index in [-0.39, 0.29) is 6.54 Å². The third-order valence-electron chi connectivity index (χ3n) is 2.49. The van der Waals surface area contributed by atoms with Crippen molar-refractivity contribution < 1.29 is 14.6 Å². The second-order valence-corrected chi connectivity index (χ2v) is 4.14. The first kappa shape index (κ1) is 12.1. The average molecular weight is 258 g/mol. The Balaban J connectivity index is 2.21. The number of aromatic nitrogens is 2. The Bertz CT molecular complexity index is 441. The van der Waals surface area contributed by atoms with E-state index >= 15 is 0 Å². The predicted molar refractivity (Wildman–Crippen MR) is 61.4 cm³/mol. The standard InChI is InChI=1S/C10H12ClN3O3/c1-6-12-4-7(11)9(13-6)14-2-3-17-8(5-14)10(15)16/h4,8H,2-3,5H2,1H3,(H,15,16). The molecule has 1 aromatic rings. The molecule has 2 heterocycles. The fraction of sp³-hybridized carbons (Fsp3) is 0.500. The summed E-state index contributed by atoms with van der Waals surface area (Å²) in [6.07, 6.45) is 0.680. The first-order valence-electron chi connectivity index (χ1n) is 5.16. The van der Waals surface area contributed by atoms with Crippen LogP contribution in [0.4, 0.5) is 5.82 Å². The molecule has 0 saturated carbocycles. The summed E-state index contributed by atoms with van der Waals surface area (Å²) in [4.78, 5) is 20.9. The van der Waals surface area contributed by atoms with Crippen molar-refractivity contribution in [2.45, 2.75) is 13.0 Å². The maximum absolute atomic E-state index is 10.9. The Morgan fingerprint density at radius 1 is 1.71 bits per heavy atom. The monoisotopic (exact) mass is 257 g/mol. The van der Waals surface area contributed by atoms with Crippen LogP contribution in [0.1, 0.15) is 5.82 Å². The van der Waals surface area contributed by atoms with E-state index in [0.717, 1.165) is 0 Å². The Hall–Kier alpha value is -1.40. The van der Waals surface area contributed by atoms with Gasteiger partial charge in [0.05, 0.1) is 19.3 Å². The largest absolute Gasteiger partial charge is 0.479 e. The number of morpholine rings is 1. The molecule has 1 unspecified atom stereocenters. The Morgan fingerprint density at radius 3 is 3.18 bits per heavy atom. The summed E-state index contributed by atoms with van der Waals surface area (Å²) >= 11 is 6.00. The Labute approximate surface area is 103 Å². The highest BCUT2D eigenvalue weighted by atomic mass is 35.5. The highest BCUT2D eigenvalue weighted by Gasteiger charge is 2.28. The van der Waals surface area contributed by atoms with Crippen LogP contribution in [0.5, 0.6) is 0 Å². The molecule has 1 fully saturated rings. The zero-order valence-corrected chi connectivity index (χ0v) is 10.0. The van der Waals surface area contributed by atoms with E-state index in [2.05, 4.69) is 9.97 Å². The number of hydrogen-bond acceptors (Lipinski definition) is 5. The average Bonchev–Trinajstić information content (AvgIpc) is 2.32. The molecule has 1 aromatic heterocycles. The molecule has 1 atom stereocenters. The van der Waals surface area contributed by atoms with Crippen LogP contribution in [0.25, 0.3) is 0 Å². The molecule has 1 saturated heterocycles. The van der Waals surface area contributed by atoms with Crippen molar-refractivity contribution in [2.24, 2.45) is 0 Å². The molecule has 6 nitrogen and oxygen atoms in total. The molecule has 0 bridgehead atoms. The molecule has 7 heteroatoms. The maximum atomic E-state index is 10.9. The van der Waals surface area contributed by atoms with E-state index < -0.39 is 12.1 Å². The molecule has 92 valence electrons. The van der Waals surface area contributed by atoms with Crippen LogP contribution in [0.3, 0.4) is 0 Å². The number of rotatable bonds is 2. The summed E-state index contributed by atoms with van der Waals surface area (Å²) in [6.45, 7) is 2.91. The summed E-state index contributed by atoms with van der Waals surface area (Å²) in [5.74, 6) is 0.188. The predicted octanol–water partition coefficient (Wildman–Crippen LogP) is 0.728. The fourth-order valence-electron chi connectivity index (χ4n) is 1.66. The van der Waals surface area contributed by atoms with Crippen LogP contribution in [-0.2, 0) is 9.53 Å². The SMILES string of the molecule is Cc1ncc(Cl)c(N2CCOC(C(=O)O)C2)n1. The molecule has 0 amide bonds. The van der Waals surface area contributed by atoms with Crippen LogP contribution >= 0.6 is 11.6 Å². The van der Waals surface area contributed by atoms with E-state index in [0.29, 0.717) is 29.8 Å². The topological polar surface area (TPSA) is 75.6 Å². The number of hydrogen-bond donors (Lipinski definition) is 1. The first-order chi connectivity index (χ1) is 8.08. The summed E-state index contributed by atoms with van der Waals surface area (Å²) in [7, 11) is 0. The fourth-order valence-corrected chi connectivity index (χ4v) is 1.87. The third kappa shape index (κ3) is 2.65. The zero-order chi connectivity index (χ0) is 12.4. The highest BCUT2D eigenvalue weighted by molar-refractivity contribution is 6.32. The number of aliphatic carboxylic acids is 1. The molecule has 1 aliphatic rings. The van der Waals surface area contributed by atoms with Gasteiger partial charge in [-0.3, -0.25) is 0 Å². The smallest absolute Gasteiger partial charge is 0.334 e. The summed E-state index contributed by atoms with van der Waals surface area (Å²) in [5, 5.41) is 9.33. The molecule has 0 radical (unpaired) electrons. The number of aryl methyl sites for hydroxylation is 1. The van der Waals surface area contributed by atoms with Gasteiger partial charge in [0.15, 0.2) is 11.9 Å². The van der Waals surface area contributed by atoms with Gasteiger partial charge in [-0.2, -0.15) is 0 Å². The number of nitrogens with zero attached hydrogens (tertiary/aromatic N) is 3. The molecule has 0 spiro atoms. The van der Waals surface area contributed by atoms with E-state index in [1.54, 1.807) is 11.8 Å². The lowest BCUT2D eigenvalue weighted by molar-refractivity contribution is -0.150. The van der Waals surface area contributed by atoms with Crippen molar-refractivity contribution >= 4 is 23.4 Å². The number of carboxylic acids is 1. The minimum Gasteiger partial charge on any atom is -0.479 e. The van der Waals surface area contributed by atoms with Gasteiger partial charge in [-0.25, -0.2) is 14.8 Å². The number of ether oxygens (including phenoxy) is 1. The number of halogens is 1. The number of anilines is 1. The minimum absolute atomic E-state index is 0.242. The maximum Gasteiger partial charge on any atom is 0.334 e. The molecule has 0 aromatic carbocycles. The molecule has 17 heavy (non-hydrogen) atoms. The van der Waals surface area contributed by atoms with Crippen LogP contribution in [0.15, 0.2) is 6.20 Å². The number of carboxylic acid groups (broad SMARTS) is 1. The van der Waals surface area contributed by atoms with Gasteiger partial charge >= 0.3 is 5.97 Å². The lowest BCUT2D eigenvalue weighted by Gasteiger charge is -2.32. The van der Waals surface area contributed by atoms with Gasteiger partial charge in [-0.1, -0.05) is 11.6 Å².